The average molecular weight is 442 g/mol. The highest BCUT2D eigenvalue weighted by molar-refractivity contribution is 5.90. The maximum atomic E-state index is 12.4. The van der Waals surface area contributed by atoms with Crippen LogP contribution < -0.4 is 9.47 Å². The van der Waals surface area contributed by atoms with Gasteiger partial charge < -0.3 is 28.4 Å². The number of carbonyl (C=O) groups excluding carboxylic acids is 4. The summed E-state index contributed by atoms with van der Waals surface area (Å²) < 4.78 is 31.7. The lowest BCUT2D eigenvalue weighted by Gasteiger charge is -2.17. The molecule has 2 heterocycles. The minimum Gasteiger partial charge on any atom is -0.453 e. The van der Waals surface area contributed by atoms with E-state index in [0.29, 0.717) is 24.4 Å². The van der Waals surface area contributed by atoms with Gasteiger partial charge in [-0.25, -0.2) is 9.59 Å². The fraction of sp³-hybridized carbons (Fsp3) is 0.273. The molecule has 0 radical (unpaired) electrons. The lowest BCUT2D eigenvalue weighted by atomic mass is 10.1. The third-order valence-electron chi connectivity index (χ3n) is 5.03. The molecule has 2 aliphatic heterocycles. The van der Waals surface area contributed by atoms with Gasteiger partial charge in [-0.15, -0.1) is 0 Å². The van der Waals surface area contributed by atoms with Gasteiger partial charge in [-0.05, 0) is 48.5 Å². The molecule has 0 unspecified atom stereocenters. The number of carbonyl (C=O) groups is 4. The van der Waals surface area contributed by atoms with Gasteiger partial charge in [-0.2, -0.15) is 0 Å². The van der Waals surface area contributed by atoms with Crippen LogP contribution in [0.1, 0.15) is 20.7 Å². The molecule has 0 aromatic heterocycles. The number of hydrogen-bond donors (Lipinski definition) is 0. The molecule has 4 rings (SSSR count). The van der Waals surface area contributed by atoms with Crippen LogP contribution in [0.4, 0.5) is 0 Å². The first-order chi connectivity index (χ1) is 15.6. The topological polar surface area (TPSA) is 124 Å². The first kappa shape index (κ1) is 21.5. The Labute approximate surface area is 181 Å². The molecule has 0 amide bonds. The van der Waals surface area contributed by atoms with Crippen LogP contribution in [0.25, 0.3) is 0 Å². The van der Waals surface area contributed by atoms with Crippen LogP contribution in [0, 0.1) is 0 Å². The lowest BCUT2D eigenvalue weighted by Crippen LogP contribution is -2.36. The number of rotatable bonds is 8. The minimum atomic E-state index is -0.665. The summed E-state index contributed by atoms with van der Waals surface area (Å²) in [5.41, 5.74) is 0.546. The molecule has 2 aromatic rings. The Kier molecular flexibility index (Phi) is 6.43. The first-order valence-corrected chi connectivity index (χ1v) is 9.65. The summed E-state index contributed by atoms with van der Waals surface area (Å²) in [7, 11) is 0. The third-order valence-corrected chi connectivity index (χ3v) is 5.03. The highest BCUT2D eigenvalue weighted by Gasteiger charge is 2.51. The molecule has 10 heteroatoms. The van der Waals surface area contributed by atoms with Crippen molar-refractivity contribution in [2.24, 2.45) is 0 Å². The van der Waals surface area contributed by atoms with E-state index < -0.39 is 36.4 Å². The van der Waals surface area contributed by atoms with Crippen molar-refractivity contribution in [1.29, 1.82) is 0 Å². The van der Waals surface area contributed by atoms with Crippen molar-refractivity contribution in [2.45, 2.75) is 24.4 Å². The van der Waals surface area contributed by atoms with Crippen molar-refractivity contribution in [3.8, 4) is 11.5 Å². The molecule has 0 bridgehead atoms. The predicted molar refractivity (Wildman–Crippen MR) is 104 cm³/mol. The Morgan fingerprint density at radius 3 is 1.41 bits per heavy atom. The Morgan fingerprint density at radius 1 is 0.688 bits per heavy atom. The monoisotopic (exact) mass is 442 g/mol. The van der Waals surface area contributed by atoms with E-state index in [0.717, 1.165) is 0 Å². The van der Waals surface area contributed by atoms with E-state index in [1.165, 1.54) is 48.5 Å². The van der Waals surface area contributed by atoms with Crippen molar-refractivity contribution >= 4 is 24.9 Å². The molecule has 0 aliphatic carbocycles. The summed E-state index contributed by atoms with van der Waals surface area (Å²) in [6, 6.07) is 11.8. The van der Waals surface area contributed by atoms with E-state index in [4.69, 9.17) is 18.9 Å². The molecular weight excluding hydrogens is 424 g/mol. The van der Waals surface area contributed by atoms with Gasteiger partial charge >= 0.3 is 11.9 Å². The maximum Gasteiger partial charge on any atom is 0.338 e. The third kappa shape index (κ3) is 4.61. The van der Waals surface area contributed by atoms with Crippen LogP contribution in [0.5, 0.6) is 11.5 Å². The molecule has 32 heavy (non-hydrogen) atoms. The molecular formula is C22H18O10. The van der Waals surface area contributed by atoms with Crippen molar-refractivity contribution in [1.82, 2.24) is 0 Å². The van der Waals surface area contributed by atoms with Gasteiger partial charge in [0.25, 0.3) is 12.9 Å². The Hall–Kier alpha value is -3.76. The van der Waals surface area contributed by atoms with Crippen molar-refractivity contribution in [2.75, 3.05) is 13.2 Å². The van der Waals surface area contributed by atoms with Gasteiger partial charge in [0, 0.05) is 0 Å². The van der Waals surface area contributed by atoms with Crippen molar-refractivity contribution in [3.05, 3.63) is 59.7 Å². The van der Waals surface area contributed by atoms with E-state index >= 15 is 0 Å². The summed E-state index contributed by atoms with van der Waals surface area (Å²) in [5.74, 6) is -0.567. The predicted octanol–water partition coefficient (Wildman–Crippen LogP) is 1.31. The van der Waals surface area contributed by atoms with E-state index in [1.807, 2.05) is 0 Å². The largest absolute Gasteiger partial charge is 0.453 e. The number of fused-ring (bicyclic) bond motifs is 1. The highest BCUT2D eigenvalue weighted by Crippen LogP contribution is 2.31. The fourth-order valence-corrected chi connectivity index (χ4v) is 3.49. The quantitative estimate of drug-likeness (QED) is 0.436. The van der Waals surface area contributed by atoms with Gasteiger partial charge in [0.2, 0.25) is 0 Å². The summed E-state index contributed by atoms with van der Waals surface area (Å²) in [6.45, 7) is 0.779. The molecule has 4 atom stereocenters. The molecule has 166 valence electrons. The van der Waals surface area contributed by atoms with Gasteiger partial charge in [-0.3, -0.25) is 9.59 Å². The Morgan fingerprint density at radius 2 is 1.06 bits per heavy atom. The second-order valence-electron chi connectivity index (χ2n) is 6.96. The second kappa shape index (κ2) is 9.58. The Balaban J connectivity index is 1.32. The zero-order valence-corrected chi connectivity index (χ0v) is 16.6. The molecule has 0 saturated carbocycles. The minimum absolute atomic E-state index is 0.0964. The standard InChI is InChI=1S/C22H18O10/c23-11-29-15-5-1-13(2-6-15)21(25)31-17-9-27-20-18(10-28-19(17)20)32-22(26)14-3-7-16(8-4-14)30-12-24/h1-8,11-12,17-20H,9-10H2/t17-,18-,19-,20-/m1/s1. The van der Waals surface area contributed by atoms with E-state index in [1.54, 1.807) is 0 Å². The van der Waals surface area contributed by atoms with E-state index in [2.05, 4.69) is 9.47 Å². The summed E-state index contributed by atoms with van der Waals surface area (Å²) >= 11 is 0. The normalized spacial score (nSPS) is 23.6. The van der Waals surface area contributed by atoms with Gasteiger partial charge in [0.05, 0.1) is 24.3 Å². The number of esters is 2. The zero-order chi connectivity index (χ0) is 22.5. The molecule has 2 aliphatic rings. The SMILES string of the molecule is O=COc1ccc(C(=O)O[C@@H]2CO[C@H]3[C@@H]2OC[C@H]3OC(=O)c2ccc(OC=O)cc2)cc1. The maximum absolute atomic E-state index is 12.4. The average Bonchev–Trinajstić information content (AvgIpc) is 3.38. The van der Waals surface area contributed by atoms with Crippen LogP contribution in [0.3, 0.4) is 0 Å². The first-order valence-electron chi connectivity index (χ1n) is 9.65. The zero-order valence-electron chi connectivity index (χ0n) is 16.6. The summed E-state index contributed by atoms with van der Waals surface area (Å²) in [6.07, 6.45) is -2.47. The van der Waals surface area contributed by atoms with Gasteiger partial charge in [-0.1, -0.05) is 0 Å². The van der Waals surface area contributed by atoms with Crippen molar-refractivity contribution < 1.29 is 47.6 Å². The summed E-state index contributed by atoms with van der Waals surface area (Å²) in [4.78, 5) is 45.5. The molecule has 2 fully saturated rings. The Bertz CT molecular complexity index is 903. The summed E-state index contributed by atoms with van der Waals surface area (Å²) in [5, 5.41) is 0. The number of ether oxygens (including phenoxy) is 6. The molecule has 2 saturated heterocycles. The van der Waals surface area contributed by atoms with E-state index in [9.17, 15) is 19.2 Å². The van der Waals surface area contributed by atoms with E-state index in [-0.39, 0.29) is 24.3 Å². The van der Waals surface area contributed by atoms with Crippen LogP contribution >= 0.6 is 0 Å². The molecule has 0 N–H and O–H groups in total. The smallest absolute Gasteiger partial charge is 0.338 e. The van der Waals surface area contributed by atoms with Crippen LogP contribution in [-0.4, -0.2) is 62.5 Å². The van der Waals surface area contributed by atoms with Gasteiger partial charge in [0.15, 0.2) is 12.2 Å². The van der Waals surface area contributed by atoms with Crippen LogP contribution in [0.15, 0.2) is 48.5 Å². The number of hydrogen-bond acceptors (Lipinski definition) is 10. The molecule has 10 nitrogen and oxygen atoms in total. The van der Waals surface area contributed by atoms with Crippen LogP contribution in [0.2, 0.25) is 0 Å². The molecule has 0 spiro atoms. The van der Waals surface area contributed by atoms with Crippen molar-refractivity contribution in [3.63, 3.8) is 0 Å². The van der Waals surface area contributed by atoms with Gasteiger partial charge in [0.1, 0.15) is 23.7 Å². The second-order valence-corrected chi connectivity index (χ2v) is 6.96. The molecule has 2 aromatic carbocycles. The fourth-order valence-electron chi connectivity index (χ4n) is 3.49. The van der Waals surface area contributed by atoms with Crippen LogP contribution in [-0.2, 0) is 28.5 Å². The lowest BCUT2D eigenvalue weighted by molar-refractivity contribution is -0.121. The highest BCUT2D eigenvalue weighted by atomic mass is 16.7. The number of benzene rings is 2.